The van der Waals surface area contributed by atoms with Gasteiger partial charge in [0.1, 0.15) is 11.6 Å². The van der Waals surface area contributed by atoms with E-state index in [2.05, 4.69) is 16.4 Å². The van der Waals surface area contributed by atoms with Gasteiger partial charge >= 0.3 is 12.5 Å². The van der Waals surface area contributed by atoms with Crippen molar-refractivity contribution in [3.8, 4) is 11.5 Å². The smallest absolute Gasteiger partial charge is 0.432 e. The molecular weight excluding hydrogens is 628 g/mol. The van der Waals surface area contributed by atoms with Crippen LogP contribution in [0.4, 0.5) is 35.1 Å². The average Bonchev–Trinajstić information content (AvgIpc) is 3.03. The zero-order valence-electron chi connectivity index (χ0n) is 27.0. The molecule has 0 atom stereocenters. The summed E-state index contributed by atoms with van der Waals surface area (Å²) in [6, 6.07) is 5.87. The minimum atomic E-state index is -5.36. The molecule has 0 unspecified atom stereocenters. The summed E-state index contributed by atoms with van der Waals surface area (Å²) in [5, 5.41) is 0. The molecule has 2 nitrogen and oxygen atoms in total. The first-order valence-electron chi connectivity index (χ1n) is 17.4. The number of hydrogen-bond acceptors (Lipinski definition) is 2. The van der Waals surface area contributed by atoms with Gasteiger partial charge in [0.15, 0.2) is 11.6 Å². The van der Waals surface area contributed by atoms with Gasteiger partial charge in [-0.3, -0.25) is 0 Å². The fourth-order valence-corrected chi connectivity index (χ4v) is 8.47. The van der Waals surface area contributed by atoms with Gasteiger partial charge in [0.05, 0.1) is 5.92 Å². The van der Waals surface area contributed by atoms with Gasteiger partial charge in [-0.25, -0.2) is 13.2 Å². The van der Waals surface area contributed by atoms with Gasteiger partial charge < -0.3 is 9.47 Å². The minimum Gasteiger partial charge on any atom is -0.432 e. The van der Waals surface area contributed by atoms with Crippen molar-refractivity contribution in [1.29, 1.82) is 0 Å². The zero-order valence-corrected chi connectivity index (χ0v) is 27.0. The monoisotopic (exact) mass is 674 g/mol. The van der Waals surface area contributed by atoms with Crippen LogP contribution < -0.4 is 9.47 Å². The number of rotatable bonds is 11. The molecule has 5 rings (SSSR count). The van der Waals surface area contributed by atoms with E-state index in [4.69, 9.17) is 0 Å². The average molecular weight is 675 g/mol. The summed E-state index contributed by atoms with van der Waals surface area (Å²) in [6.45, 7) is 2.25. The molecule has 0 spiro atoms. The normalized spacial score (nSPS) is 27.4. The molecule has 3 aliphatic rings. The van der Waals surface area contributed by atoms with Crippen LogP contribution in [0.5, 0.6) is 11.5 Å². The molecule has 0 aliphatic heterocycles. The van der Waals surface area contributed by atoms with Crippen molar-refractivity contribution in [1.82, 2.24) is 0 Å². The van der Waals surface area contributed by atoms with Crippen molar-refractivity contribution >= 4 is 0 Å². The number of unbranched alkanes of at least 4 members (excludes halogenated alkanes) is 2. The Kier molecular flexibility index (Phi) is 11.7. The highest BCUT2D eigenvalue weighted by atomic mass is 19.4. The Morgan fingerprint density at radius 2 is 1.21 bits per heavy atom. The lowest BCUT2D eigenvalue weighted by atomic mass is 9.68. The van der Waals surface area contributed by atoms with Crippen LogP contribution in [0.25, 0.3) is 0 Å². The van der Waals surface area contributed by atoms with Crippen molar-refractivity contribution in [2.24, 2.45) is 23.7 Å². The van der Waals surface area contributed by atoms with E-state index < -0.39 is 41.5 Å². The molecule has 262 valence electrons. The molecule has 0 radical (unpaired) electrons. The second kappa shape index (κ2) is 15.4. The van der Waals surface area contributed by atoms with E-state index in [0.717, 1.165) is 36.2 Å². The molecule has 3 saturated carbocycles. The molecule has 0 heterocycles. The van der Waals surface area contributed by atoms with Crippen molar-refractivity contribution in [3.05, 3.63) is 58.9 Å². The highest BCUT2D eigenvalue weighted by Gasteiger charge is 2.45. The van der Waals surface area contributed by atoms with Gasteiger partial charge in [0.25, 0.3) is 0 Å². The Bertz CT molecular complexity index is 1280. The number of alkyl halides is 5. The maximum absolute atomic E-state index is 15.4. The molecule has 0 saturated heterocycles. The Hall–Kier alpha value is -2.52. The molecule has 3 fully saturated rings. The van der Waals surface area contributed by atoms with Crippen LogP contribution in [0.1, 0.15) is 133 Å². The number of hydrogen-bond donors (Lipinski definition) is 0. The van der Waals surface area contributed by atoms with E-state index in [1.54, 1.807) is 12.1 Å². The zero-order chi connectivity index (χ0) is 33.8. The van der Waals surface area contributed by atoms with Gasteiger partial charge in [-0.2, -0.15) is 8.78 Å². The molecule has 47 heavy (non-hydrogen) atoms. The Balaban J connectivity index is 1.10. The van der Waals surface area contributed by atoms with Crippen LogP contribution >= 0.6 is 0 Å². The van der Waals surface area contributed by atoms with Crippen molar-refractivity contribution < 1.29 is 44.6 Å². The van der Waals surface area contributed by atoms with E-state index in [0.29, 0.717) is 11.5 Å². The van der Waals surface area contributed by atoms with Gasteiger partial charge in [0, 0.05) is 12.1 Å². The van der Waals surface area contributed by atoms with Crippen LogP contribution in [0.2, 0.25) is 0 Å². The summed E-state index contributed by atoms with van der Waals surface area (Å²) < 4.78 is 118. The fraction of sp³-hybridized carbons (Fsp3) is 0.676. The minimum absolute atomic E-state index is 0.0241. The highest BCUT2D eigenvalue weighted by Crippen LogP contribution is 2.47. The van der Waals surface area contributed by atoms with E-state index in [-0.39, 0.29) is 49.6 Å². The van der Waals surface area contributed by atoms with Crippen LogP contribution in [-0.4, -0.2) is 12.5 Å². The lowest BCUT2D eigenvalue weighted by molar-refractivity contribution is -0.276. The summed E-state index contributed by atoms with van der Waals surface area (Å²) in [5.74, 6) is -5.40. The van der Waals surface area contributed by atoms with E-state index in [1.807, 2.05) is 6.07 Å². The molecule has 10 heteroatoms. The third kappa shape index (κ3) is 9.34. The number of benzene rings is 2. The first-order valence-corrected chi connectivity index (χ1v) is 17.4. The van der Waals surface area contributed by atoms with E-state index in [1.165, 1.54) is 64.2 Å². The summed E-state index contributed by atoms with van der Waals surface area (Å²) >= 11 is 0. The molecule has 0 aromatic heterocycles. The van der Waals surface area contributed by atoms with Crippen LogP contribution in [0, 0.1) is 41.1 Å². The Morgan fingerprint density at radius 1 is 0.638 bits per heavy atom. The van der Waals surface area contributed by atoms with E-state index in [9.17, 15) is 30.7 Å². The van der Waals surface area contributed by atoms with Crippen molar-refractivity contribution in [2.75, 3.05) is 0 Å². The number of halogens is 8. The Morgan fingerprint density at radius 3 is 1.77 bits per heavy atom. The third-order valence-electron chi connectivity index (χ3n) is 11.1. The van der Waals surface area contributed by atoms with Gasteiger partial charge in [0.2, 0.25) is 5.75 Å². The first-order chi connectivity index (χ1) is 22.3. The highest BCUT2D eigenvalue weighted by molar-refractivity contribution is 5.35. The van der Waals surface area contributed by atoms with Crippen LogP contribution in [0.3, 0.4) is 0 Å². The number of ether oxygens (including phenoxy) is 2. The lowest BCUT2D eigenvalue weighted by Crippen LogP contribution is -2.37. The topological polar surface area (TPSA) is 18.5 Å². The summed E-state index contributed by atoms with van der Waals surface area (Å²) in [6.07, 6.45) is 6.56. The molecule has 0 bridgehead atoms. The quantitative estimate of drug-likeness (QED) is 0.174. The molecule has 2 aromatic carbocycles. The van der Waals surface area contributed by atoms with Crippen molar-refractivity contribution in [3.63, 3.8) is 0 Å². The van der Waals surface area contributed by atoms with Crippen molar-refractivity contribution in [2.45, 2.75) is 134 Å². The third-order valence-corrected chi connectivity index (χ3v) is 11.1. The van der Waals surface area contributed by atoms with Gasteiger partial charge in [-0.05, 0) is 111 Å². The lowest BCUT2D eigenvalue weighted by Gasteiger charge is -2.38. The predicted octanol–water partition coefficient (Wildman–Crippen LogP) is 12.6. The van der Waals surface area contributed by atoms with E-state index >= 15 is 4.39 Å². The Labute approximate surface area is 272 Å². The second-order valence-electron chi connectivity index (χ2n) is 14.1. The molecule has 0 N–H and O–H groups in total. The molecule has 2 aromatic rings. The molecular formula is C37H46F8O2. The molecule has 3 aliphatic carbocycles. The molecule has 0 amide bonds. The summed E-state index contributed by atoms with van der Waals surface area (Å²) in [4.78, 5) is 0. The van der Waals surface area contributed by atoms with Crippen LogP contribution in [-0.2, 0) is 0 Å². The first kappa shape index (κ1) is 35.8. The fourth-order valence-electron chi connectivity index (χ4n) is 8.47. The maximum Gasteiger partial charge on any atom is 0.573 e. The van der Waals surface area contributed by atoms with Crippen LogP contribution in [0.15, 0.2) is 30.3 Å². The SMILES string of the molecule is CCCCCC1CCC(C2CCC(c3ccc(C4CCC(C(F)(F)Oc5cc(F)c(OC(F)(F)F)c(F)c5)CC4)c(F)c3)CC2)CC1. The standard InChI is InChI=1S/C37H46F8O2/c1-2-3-4-5-23-6-8-24(9-7-23)25-10-12-26(13-11-25)28-16-19-31(32(38)20-28)27-14-17-29(18-15-27)36(41,42)46-30-21-33(39)35(34(40)22-30)47-37(43,44)45/h16,19-27,29H,2-15,17-18H2,1H3. The van der Waals surface area contributed by atoms with Gasteiger partial charge in [-0.15, -0.1) is 13.2 Å². The van der Waals surface area contributed by atoms with Gasteiger partial charge in [-0.1, -0.05) is 57.6 Å². The largest absolute Gasteiger partial charge is 0.573 e. The maximum atomic E-state index is 15.4. The summed E-state index contributed by atoms with van der Waals surface area (Å²) in [5.41, 5.74) is 1.51. The predicted molar refractivity (Wildman–Crippen MR) is 164 cm³/mol. The second-order valence-corrected chi connectivity index (χ2v) is 14.1. The summed E-state index contributed by atoms with van der Waals surface area (Å²) in [7, 11) is 0.